The van der Waals surface area contributed by atoms with Crippen molar-refractivity contribution in [2.45, 2.75) is 128 Å². The summed E-state index contributed by atoms with van der Waals surface area (Å²) in [6, 6.07) is 6.07. The van der Waals surface area contributed by atoms with E-state index in [1.54, 1.807) is 0 Å². The van der Waals surface area contributed by atoms with Gasteiger partial charge in [0.05, 0.1) is 0 Å². The predicted molar refractivity (Wildman–Crippen MR) is 151 cm³/mol. The molecule has 0 saturated heterocycles. The average Bonchev–Trinajstić information content (AvgIpc) is 3.28. The molecule has 0 aliphatic heterocycles. The molecule has 2 saturated carbocycles. The molecule has 1 N–H and O–H groups in total. The van der Waals surface area contributed by atoms with Crippen molar-refractivity contribution in [2.24, 2.45) is 23.2 Å². The lowest BCUT2D eigenvalue weighted by Gasteiger charge is -2.52. The Kier molecular flexibility index (Phi) is 10.6. The van der Waals surface area contributed by atoms with Crippen LogP contribution < -0.4 is 0 Å². The second-order valence-corrected chi connectivity index (χ2v) is 14.8. The third-order valence-corrected chi connectivity index (χ3v) is 11.9. The Labute approximate surface area is 239 Å². The summed E-state index contributed by atoms with van der Waals surface area (Å²) in [5.41, 5.74) is 3.36. The zero-order valence-corrected chi connectivity index (χ0v) is 24.7. The van der Waals surface area contributed by atoms with E-state index in [0.717, 1.165) is 50.4 Å². The minimum absolute atomic E-state index is 0.0984. The van der Waals surface area contributed by atoms with Crippen LogP contribution in [0.5, 0.6) is 5.75 Å². The number of benzene rings is 1. The molecule has 0 bridgehead atoms. The number of phenols is 1. The molecule has 228 valence electrons. The quantitative estimate of drug-likeness (QED) is 0.173. The van der Waals surface area contributed by atoms with Crippen LogP contribution >= 0.6 is 0 Å². The van der Waals surface area contributed by atoms with Gasteiger partial charge in [0.15, 0.2) is 0 Å². The second kappa shape index (κ2) is 13.4. The largest absolute Gasteiger partial charge is 0.508 e. The summed E-state index contributed by atoms with van der Waals surface area (Å²) < 4.78 is 74.5. The van der Waals surface area contributed by atoms with Crippen molar-refractivity contribution in [1.82, 2.24) is 0 Å². The lowest BCUT2D eigenvalue weighted by atomic mass is 9.52. The van der Waals surface area contributed by atoms with Gasteiger partial charge in [0.25, 0.3) is 0 Å². The molecular formula is C32H47F5O2S. The minimum atomic E-state index is -5.53. The van der Waals surface area contributed by atoms with E-state index >= 15 is 0 Å². The molecule has 2 fully saturated rings. The van der Waals surface area contributed by atoms with Gasteiger partial charge in [-0.15, -0.1) is 0 Å². The first-order valence-electron chi connectivity index (χ1n) is 15.5. The SMILES string of the molecule is C[C@@]12CCC[C@H]1[C@H]1[C@H](CCCCCCCCCS(=O)CCCC(F)(F)C(F)(F)F)Cc3cc(O)ccc3[C@H]1CC2. The van der Waals surface area contributed by atoms with Gasteiger partial charge in [0, 0.05) is 28.7 Å². The maximum Gasteiger partial charge on any atom is 0.453 e. The van der Waals surface area contributed by atoms with E-state index in [1.807, 2.05) is 12.1 Å². The van der Waals surface area contributed by atoms with Gasteiger partial charge >= 0.3 is 12.1 Å². The normalized spacial score (nSPS) is 29.1. The summed E-state index contributed by atoms with van der Waals surface area (Å²) in [7, 11) is -1.34. The highest BCUT2D eigenvalue weighted by Crippen LogP contribution is 2.62. The van der Waals surface area contributed by atoms with Gasteiger partial charge in [-0.25, -0.2) is 0 Å². The molecule has 3 aliphatic rings. The van der Waals surface area contributed by atoms with Crippen molar-refractivity contribution in [3.05, 3.63) is 29.3 Å². The van der Waals surface area contributed by atoms with E-state index in [2.05, 4.69) is 13.0 Å². The van der Waals surface area contributed by atoms with Gasteiger partial charge in [-0.1, -0.05) is 57.9 Å². The Morgan fingerprint density at radius 3 is 2.33 bits per heavy atom. The minimum Gasteiger partial charge on any atom is -0.508 e. The maximum atomic E-state index is 12.9. The summed E-state index contributed by atoms with van der Waals surface area (Å²) in [6.45, 7) is 2.53. The van der Waals surface area contributed by atoms with Gasteiger partial charge in [-0.2, -0.15) is 22.0 Å². The number of hydrogen-bond acceptors (Lipinski definition) is 2. The number of halogens is 5. The first-order chi connectivity index (χ1) is 18.9. The van der Waals surface area contributed by atoms with Crippen LogP contribution in [0.3, 0.4) is 0 Å². The molecule has 6 atom stereocenters. The number of rotatable bonds is 14. The van der Waals surface area contributed by atoms with Crippen molar-refractivity contribution in [2.75, 3.05) is 11.5 Å². The smallest absolute Gasteiger partial charge is 0.453 e. The molecule has 0 amide bonds. The molecule has 0 aromatic heterocycles. The van der Waals surface area contributed by atoms with E-state index in [9.17, 15) is 31.3 Å². The number of alkyl halides is 5. The van der Waals surface area contributed by atoms with Crippen molar-refractivity contribution in [3.63, 3.8) is 0 Å². The lowest BCUT2D eigenvalue weighted by molar-refractivity contribution is -0.284. The van der Waals surface area contributed by atoms with Crippen LogP contribution in [0.25, 0.3) is 0 Å². The van der Waals surface area contributed by atoms with Gasteiger partial charge in [0.2, 0.25) is 0 Å². The monoisotopic (exact) mass is 590 g/mol. The molecule has 3 aliphatic carbocycles. The fraction of sp³-hybridized carbons (Fsp3) is 0.812. The fourth-order valence-electron chi connectivity index (χ4n) is 8.30. The van der Waals surface area contributed by atoms with Crippen molar-refractivity contribution >= 4 is 10.8 Å². The standard InChI is InChI=1S/C32H47F5O2S/c1-30-16-9-12-28(30)29-23(21-24-22-25(38)13-14-26(24)27(29)15-18-30)11-7-5-3-2-4-6-8-19-40(39)20-10-17-31(33,34)32(35,36)37/h13-14,22-23,27-29,38H,2-12,15-21H2,1H3/t23-,27-,28+,29+,30+,40?/m1/s1. The van der Waals surface area contributed by atoms with Crippen molar-refractivity contribution in [3.8, 4) is 5.75 Å². The molecule has 4 rings (SSSR count). The Morgan fingerprint density at radius 1 is 0.925 bits per heavy atom. The molecule has 1 aromatic carbocycles. The van der Waals surface area contributed by atoms with Crippen LogP contribution in [0, 0.1) is 23.2 Å². The zero-order chi connectivity index (χ0) is 29.0. The average molecular weight is 591 g/mol. The van der Waals surface area contributed by atoms with Crippen LogP contribution in [-0.2, 0) is 17.2 Å². The number of phenolic OH excluding ortho intramolecular Hbond substituents is 1. The number of unbranched alkanes of at least 4 members (excludes halogenated alkanes) is 6. The third-order valence-electron chi connectivity index (χ3n) is 10.4. The maximum absolute atomic E-state index is 12.9. The number of aromatic hydroxyl groups is 1. The van der Waals surface area contributed by atoms with E-state index in [-0.39, 0.29) is 12.2 Å². The van der Waals surface area contributed by atoms with Crippen LogP contribution in [0.2, 0.25) is 0 Å². The summed E-state index contributed by atoms with van der Waals surface area (Å²) in [5.74, 6) is -1.13. The molecule has 40 heavy (non-hydrogen) atoms. The predicted octanol–water partition coefficient (Wildman–Crippen LogP) is 9.71. The molecule has 1 unspecified atom stereocenters. The summed E-state index contributed by atoms with van der Waals surface area (Å²) >= 11 is 0. The van der Waals surface area contributed by atoms with E-state index in [1.165, 1.54) is 62.5 Å². The van der Waals surface area contributed by atoms with E-state index < -0.39 is 29.3 Å². The summed E-state index contributed by atoms with van der Waals surface area (Å²) in [5, 5.41) is 10.1. The highest BCUT2D eigenvalue weighted by Gasteiger charge is 2.56. The van der Waals surface area contributed by atoms with E-state index in [0.29, 0.717) is 28.8 Å². The molecule has 0 heterocycles. The molecule has 2 nitrogen and oxygen atoms in total. The van der Waals surface area contributed by atoms with E-state index in [4.69, 9.17) is 0 Å². The Hall–Kier alpha value is -1.18. The van der Waals surface area contributed by atoms with Gasteiger partial charge in [-0.3, -0.25) is 4.21 Å². The second-order valence-electron chi connectivity index (χ2n) is 13.1. The first kappa shape index (κ1) is 31.7. The summed E-state index contributed by atoms with van der Waals surface area (Å²) in [6.07, 6.45) is 9.19. The topological polar surface area (TPSA) is 37.3 Å². The van der Waals surface area contributed by atoms with Gasteiger partial charge in [-0.05, 0) is 104 Å². The van der Waals surface area contributed by atoms with Gasteiger partial charge in [0.1, 0.15) is 5.75 Å². The van der Waals surface area contributed by atoms with Crippen molar-refractivity contribution in [1.29, 1.82) is 0 Å². The fourth-order valence-corrected chi connectivity index (χ4v) is 9.50. The lowest BCUT2D eigenvalue weighted by Crippen LogP contribution is -2.44. The highest BCUT2D eigenvalue weighted by atomic mass is 32.2. The Bertz CT molecular complexity index is 996. The first-order valence-corrected chi connectivity index (χ1v) is 17.0. The third kappa shape index (κ3) is 7.60. The zero-order valence-electron chi connectivity index (χ0n) is 23.9. The van der Waals surface area contributed by atoms with Crippen LogP contribution in [0.15, 0.2) is 18.2 Å². The molecular weight excluding hydrogens is 543 g/mol. The van der Waals surface area contributed by atoms with Crippen LogP contribution in [0.1, 0.15) is 120 Å². The van der Waals surface area contributed by atoms with Crippen LogP contribution in [-0.4, -0.2) is 32.9 Å². The Morgan fingerprint density at radius 2 is 1.60 bits per heavy atom. The Balaban J connectivity index is 1.13. The molecule has 8 heteroatoms. The number of hydrogen-bond donors (Lipinski definition) is 1. The summed E-state index contributed by atoms with van der Waals surface area (Å²) in [4.78, 5) is 0. The molecule has 0 spiro atoms. The van der Waals surface area contributed by atoms with Gasteiger partial charge < -0.3 is 5.11 Å². The molecule has 1 aromatic rings. The number of fused-ring (bicyclic) bond motifs is 5. The van der Waals surface area contributed by atoms with Crippen molar-refractivity contribution < 1.29 is 31.3 Å². The highest BCUT2D eigenvalue weighted by molar-refractivity contribution is 7.84. The van der Waals surface area contributed by atoms with Crippen LogP contribution in [0.4, 0.5) is 22.0 Å². The molecule has 0 radical (unpaired) electrons.